The lowest BCUT2D eigenvalue weighted by Crippen LogP contribution is -2.41. The third-order valence-corrected chi connectivity index (χ3v) is 7.85. The molecule has 0 rings (SSSR count). The smallest absolute Gasteiger partial charge is 0.191 e. The summed E-state index contributed by atoms with van der Waals surface area (Å²) >= 11 is 0. The van der Waals surface area contributed by atoms with Gasteiger partial charge in [0, 0.05) is 26.2 Å². The molecule has 0 aromatic carbocycles. The molecule has 0 aliphatic rings. The molecule has 0 aliphatic carbocycles. The molecule has 0 saturated carbocycles. The Kier molecular flexibility index (Phi) is 7.77. The maximum Gasteiger partial charge on any atom is 0.191 e. The molecule has 0 bridgehead atoms. The molecular weight excluding hydrogens is 228 g/mol. The lowest BCUT2D eigenvalue weighted by Gasteiger charge is -2.36. The van der Waals surface area contributed by atoms with Crippen LogP contribution in [0.25, 0.3) is 0 Å². The molecule has 17 heavy (non-hydrogen) atoms. The molecule has 0 fully saturated rings. The maximum atomic E-state index is 6.05. The molecule has 0 heterocycles. The van der Waals surface area contributed by atoms with E-state index < -0.39 is 8.32 Å². The number of hydrogen-bond acceptors (Lipinski definition) is 2. The summed E-state index contributed by atoms with van der Waals surface area (Å²) < 4.78 is 11.5. The number of unbranched alkanes of at least 4 members (excludes halogenated alkanes) is 1. The average Bonchev–Trinajstić information content (AvgIpc) is 2.20. The van der Waals surface area contributed by atoms with Crippen LogP contribution in [0.1, 0.15) is 40.0 Å². The largest absolute Gasteiger partial charge is 0.417 e. The van der Waals surface area contributed by atoms with E-state index >= 15 is 0 Å². The van der Waals surface area contributed by atoms with E-state index in [-0.39, 0.29) is 0 Å². The van der Waals surface area contributed by atoms with Crippen LogP contribution in [0.4, 0.5) is 0 Å². The molecule has 0 aromatic rings. The Bertz CT molecular complexity index is 236. The van der Waals surface area contributed by atoms with Crippen LogP contribution in [0.3, 0.4) is 0 Å². The third kappa shape index (κ3) is 7.59. The van der Waals surface area contributed by atoms with Gasteiger partial charge in [-0.15, -0.1) is 12.3 Å². The van der Waals surface area contributed by atoms with Crippen LogP contribution in [-0.4, -0.2) is 28.1 Å². The number of terminal acetylenes is 1. The topological polar surface area (TPSA) is 18.5 Å². The zero-order valence-electron chi connectivity index (χ0n) is 12.1. The van der Waals surface area contributed by atoms with E-state index in [1.165, 1.54) is 0 Å². The number of ether oxygens (including phenoxy) is 1. The van der Waals surface area contributed by atoms with E-state index in [4.69, 9.17) is 15.6 Å². The molecule has 100 valence electrons. The van der Waals surface area contributed by atoms with E-state index in [0.717, 1.165) is 39.1 Å². The van der Waals surface area contributed by atoms with Crippen molar-refractivity contribution in [1.82, 2.24) is 0 Å². The second-order valence-corrected chi connectivity index (χ2v) is 10.7. The van der Waals surface area contributed by atoms with Crippen molar-refractivity contribution in [2.75, 3.05) is 19.8 Å². The fourth-order valence-corrected chi connectivity index (χ4v) is 2.17. The highest BCUT2D eigenvalue weighted by atomic mass is 28.4. The number of rotatable bonds is 8. The zero-order valence-corrected chi connectivity index (χ0v) is 13.1. The van der Waals surface area contributed by atoms with Crippen molar-refractivity contribution >= 4 is 8.32 Å². The molecule has 2 nitrogen and oxygen atoms in total. The maximum absolute atomic E-state index is 6.05. The molecule has 0 aliphatic heterocycles. The van der Waals surface area contributed by atoms with E-state index in [1.54, 1.807) is 0 Å². The lowest BCUT2D eigenvalue weighted by atomic mass is 10.2. The fraction of sp³-hybridized carbons (Fsp3) is 0.857. The van der Waals surface area contributed by atoms with Gasteiger partial charge in [-0.1, -0.05) is 20.8 Å². The summed E-state index contributed by atoms with van der Waals surface area (Å²) in [6.45, 7) is 13.7. The van der Waals surface area contributed by atoms with Crippen LogP contribution >= 0.6 is 0 Å². The summed E-state index contributed by atoms with van der Waals surface area (Å²) in [6.07, 6.45) is 7.90. The third-order valence-electron chi connectivity index (χ3n) is 3.31. The quantitative estimate of drug-likeness (QED) is 0.373. The van der Waals surface area contributed by atoms with Crippen LogP contribution in [-0.2, 0) is 9.16 Å². The normalized spacial score (nSPS) is 12.5. The summed E-state index contributed by atoms with van der Waals surface area (Å²) in [6, 6.07) is 0. The second-order valence-electron chi connectivity index (χ2n) is 5.88. The van der Waals surface area contributed by atoms with Crippen LogP contribution in [0.5, 0.6) is 0 Å². The molecule has 0 aromatic heterocycles. The second kappa shape index (κ2) is 7.92. The van der Waals surface area contributed by atoms with E-state index in [1.807, 2.05) is 0 Å². The molecule has 0 N–H and O–H groups in total. The Balaban J connectivity index is 3.49. The van der Waals surface area contributed by atoms with Gasteiger partial charge in [-0.25, -0.2) is 0 Å². The first-order valence-electron chi connectivity index (χ1n) is 6.46. The molecule has 0 atom stereocenters. The lowest BCUT2D eigenvalue weighted by molar-refractivity contribution is 0.116. The van der Waals surface area contributed by atoms with Crippen LogP contribution < -0.4 is 0 Å². The molecule has 3 heteroatoms. The summed E-state index contributed by atoms with van der Waals surface area (Å²) in [5.41, 5.74) is 0. The predicted molar refractivity (Wildman–Crippen MR) is 76.7 cm³/mol. The van der Waals surface area contributed by atoms with Crippen molar-refractivity contribution < 1.29 is 9.16 Å². The highest BCUT2D eigenvalue weighted by molar-refractivity contribution is 6.74. The average molecular weight is 256 g/mol. The number of hydrogen-bond donors (Lipinski definition) is 0. The van der Waals surface area contributed by atoms with Crippen LogP contribution in [0.15, 0.2) is 0 Å². The van der Waals surface area contributed by atoms with Gasteiger partial charge in [0.1, 0.15) is 0 Å². The van der Waals surface area contributed by atoms with Crippen molar-refractivity contribution in [1.29, 1.82) is 0 Å². The predicted octanol–water partition coefficient (Wildman–Crippen LogP) is 3.83. The molecule has 0 unspecified atom stereocenters. The van der Waals surface area contributed by atoms with Gasteiger partial charge in [-0.2, -0.15) is 0 Å². The zero-order chi connectivity index (χ0) is 13.4. The van der Waals surface area contributed by atoms with E-state index in [0.29, 0.717) is 5.04 Å². The minimum Gasteiger partial charge on any atom is -0.417 e. The summed E-state index contributed by atoms with van der Waals surface area (Å²) in [4.78, 5) is 0. The van der Waals surface area contributed by atoms with Gasteiger partial charge in [-0.3, -0.25) is 0 Å². The van der Waals surface area contributed by atoms with Crippen LogP contribution in [0, 0.1) is 12.3 Å². The minimum atomic E-state index is -1.57. The van der Waals surface area contributed by atoms with E-state index in [2.05, 4.69) is 39.8 Å². The van der Waals surface area contributed by atoms with Crippen molar-refractivity contribution in [3.8, 4) is 12.3 Å². The summed E-state index contributed by atoms with van der Waals surface area (Å²) in [5.74, 6) is 2.61. The first kappa shape index (κ1) is 16.7. The van der Waals surface area contributed by atoms with Crippen molar-refractivity contribution in [3.63, 3.8) is 0 Å². The standard InChI is InChI=1S/C14H28O2Si/c1-7-8-9-11-15-12-10-13-16-17(5,6)14(2,3)4/h1H,8-13H2,2-6H3. The molecular formula is C14H28O2Si. The van der Waals surface area contributed by atoms with Crippen molar-refractivity contribution in [2.45, 2.75) is 58.2 Å². The van der Waals surface area contributed by atoms with Gasteiger partial charge >= 0.3 is 0 Å². The van der Waals surface area contributed by atoms with E-state index in [9.17, 15) is 0 Å². The Morgan fingerprint density at radius 2 is 1.65 bits per heavy atom. The molecule has 0 radical (unpaired) electrons. The van der Waals surface area contributed by atoms with Crippen molar-refractivity contribution in [2.24, 2.45) is 0 Å². The Morgan fingerprint density at radius 1 is 1.06 bits per heavy atom. The van der Waals surface area contributed by atoms with Gasteiger partial charge in [0.05, 0.1) is 0 Å². The van der Waals surface area contributed by atoms with Crippen molar-refractivity contribution in [3.05, 3.63) is 0 Å². The first-order valence-corrected chi connectivity index (χ1v) is 9.37. The Labute approximate surface area is 108 Å². The minimum absolute atomic E-state index is 0.292. The summed E-state index contributed by atoms with van der Waals surface area (Å²) in [7, 11) is -1.57. The highest BCUT2D eigenvalue weighted by Crippen LogP contribution is 2.36. The Morgan fingerprint density at radius 3 is 2.18 bits per heavy atom. The van der Waals surface area contributed by atoms with Gasteiger partial charge in [-0.05, 0) is 31.0 Å². The first-order chi connectivity index (χ1) is 7.81. The summed E-state index contributed by atoms with van der Waals surface area (Å²) in [5, 5.41) is 0.292. The van der Waals surface area contributed by atoms with Gasteiger partial charge in [0.15, 0.2) is 8.32 Å². The van der Waals surface area contributed by atoms with Gasteiger partial charge in [0.25, 0.3) is 0 Å². The SMILES string of the molecule is C#CCCCOCCCO[Si](C)(C)C(C)(C)C. The molecule has 0 spiro atoms. The van der Waals surface area contributed by atoms with Crippen LogP contribution in [0.2, 0.25) is 18.1 Å². The fourth-order valence-electron chi connectivity index (χ4n) is 1.08. The van der Waals surface area contributed by atoms with Gasteiger partial charge < -0.3 is 9.16 Å². The van der Waals surface area contributed by atoms with Gasteiger partial charge in [0.2, 0.25) is 0 Å². The highest BCUT2D eigenvalue weighted by Gasteiger charge is 2.36. The Hall–Kier alpha value is -0.303. The molecule has 0 saturated heterocycles. The molecule has 0 amide bonds. The monoisotopic (exact) mass is 256 g/mol.